The summed E-state index contributed by atoms with van der Waals surface area (Å²) < 4.78 is 22.7. The van der Waals surface area contributed by atoms with E-state index in [1.54, 1.807) is 0 Å². The van der Waals surface area contributed by atoms with Crippen LogP contribution in [0.1, 0.15) is 6.42 Å². The number of rotatable bonds is 4. The number of carbonyl (C=O) groups is 2. The highest BCUT2D eigenvalue weighted by Gasteiger charge is 2.29. The number of sulfone groups is 1. The van der Waals surface area contributed by atoms with Crippen LogP contribution in [0.25, 0.3) is 10.8 Å². The summed E-state index contributed by atoms with van der Waals surface area (Å²) in [5.74, 6) is -0.310. The van der Waals surface area contributed by atoms with Crippen molar-refractivity contribution in [1.29, 1.82) is 0 Å². The van der Waals surface area contributed by atoms with Crippen molar-refractivity contribution in [2.75, 3.05) is 17.3 Å². The van der Waals surface area contributed by atoms with Gasteiger partial charge in [-0.3, -0.25) is 10.1 Å². The van der Waals surface area contributed by atoms with Crippen LogP contribution in [0.4, 0.5) is 4.79 Å². The number of hydrogen-bond acceptors (Lipinski definition) is 5. The van der Waals surface area contributed by atoms with Crippen LogP contribution in [-0.4, -0.2) is 43.7 Å². The molecule has 1 fully saturated rings. The van der Waals surface area contributed by atoms with Gasteiger partial charge in [-0.1, -0.05) is 30.3 Å². The number of imide groups is 1. The Labute approximate surface area is 150 Å². The van der Waals surface area contributed by atoms with E-state index >= 15 is 0 Å². The van der Waals surface area contributed by atoms with Crippen molar-refractivity contribution in [3.8, 4) is 0 Å². The molecule has 1 aliphatic rings. The van der Waals surface area contributed by atoms with E-state index in [1.807, 2.05) is 42.5 Å². The van der Waals surface area contributed by atoms with Crippen LogP contribution < -0.4 is 10.6 Å². The van der Waals surface area contributed by atoms with Crippen molar-refractivity contribution in [1.82, 2.24) is 10.6 Å². The highest BCUT2D eigenvalue weighted by molar-refractivity contribution is 8.00. The minimum absolute atomic E-state index is 0.0690. The van der Waals surface area contributed by atoms with E-state index in [-0.39, 0.29) is 17.3 Å². The first-order valence-electron chi connectivity index (χ1n) is 7.84. The van der Waals surface area contributed by atoms with E-state index in [4.69, 9.17) is 0 Å². The van der Waals surface area contributed by atoms with Crippen molar-refractivity contribution in [2.45, 2.75) is 17.4 Å². The highest BCUT2D eigenvalue weighted by atomic mass is 32.2. The first kappa shape index (κ1) is 17.8. The van der Waals surface area contributed by atoms with Crippen LogP contribution in [0.15, 0.2) is 47.4 Å². The fourth-order valence-corrected chi connectivity index (χ4v) is 5.12. The molecule has 0 radical (unpaired) electrons. The number of hydrogen-bond donors (Lipinski definition) is 2. The molecule has 0 spiro atoms. The maximum Gasteiger partial charge on any atom is 0.321 e. The molecule has 0 bridgehead atoms. The third-order valence-corrected chi connectivity index (χ3v) is 6.67. The number of thioether (sulfide) groups is 1. The van der Waals surface area contributed by atoms with Crippen LogP contribution in [-0.2, 0) is 14.6 Å². The molecular weight excluding hydrogens is 360 g/mol. The zero-order valence-corrected chi connectivity index (χ0v) is 15.0. The fraction of sp³-hybridized carbons (Fsp3) is 0.294. The molecule has 3 amide bonds. The Morgan fingerprint density at radius 2 is 1.88 bits per heavy atom. The highest BCUT2D eigenvalue weighted by Crippen LogP contribution is 2.23. The summed E-state index contributed by atoms with van der Waals surface area (Å²) in [6, 6.07) is 12.8. The standard InChI is InChI=1S/C17H18N2O4S2/c20-16(19-17(21)18-14-7-8-25(22,23)11-14)10-24-15-6-5-12-3-1-2-4-13(12)9-15/h1-6,9,14H,7-8,10-11H2,(H2,18,19,20,21). The quantitative estimate of drug-likeness (QED) is 0.794. The van der Waals surface area contributed by atoms with Gasteiger partial charge in [-0.25, -0.2) is 13.2 Å². The molecule has 0 aromatic heterocycles. The second-order valence-electron chi connectivity index (χ2n) is 5.92. The van der Waals surface area contributed by atoms with Crippen molar-refractivity contribution in [3.63, 3.8) is 0 Å². The van der Waals surface area contributed by atoms with Gasteiger partial charge in [-0.2, -0.15) is 0 Å². The van der Waals surface area contributed by atoms with Crippen LogP contribution >= 0.6 is 11.8 Å². The van der Waals surface area contributed by atoms with E-state index in [0.717, 1.165) is 15.7 Å². The van der Waals surface area contributed by atoms with Crippen LogP contribution in [0, 0.1) is 0 Å². The molecule has 2 aromatic rings. The maximum absolute atomic E-state index is 11.9. The van der Waals surface area contributed by atoms with E-state index in [2.05, 4.69) is 10.6 Å². The summed E-state index contributed by atoms with van der Waals surface area (Å²) in [5, 5.41) is 6.98. The van der Waals surface area contributed by atoms with Crippen molar-refractivity contribution >= 4 is 44.3 Å². The lowest BCUT2D eigenvalue weighted by Crippen LogP contribution is -2.45. The largest absolute Gasteiger partial charge is 0.334 e. The van der Waals surface area contributed by atoms with Crippen LogP contribution in [0.5, 0.6) is 0 Å². The lowest BCUT2D eigenvalue weighted by Gasteiger charge is -2.11. The zero-order valence-electron chi connectivity index (χ0n) is 13.4. The number of carbonyl (C=O) groups excluding carboxylic acids is 2. The second-order valence-corrected chi connectivity index (χ2v) is 9.20. The molecule has 1 unspecified atom stereocenters. The second kappa shape index (κ2) is 7.45. The van der Waals surface area contributed by atoms with Gasteiger partial charge in [0.15, 0.2) is 9.84 Å². The number of nitrogens with one attached hydrogen (secondary N) is 2. The molecule has 2 aromatic carbocycles. The summed E-state index contributed by atoms with van der Waals surface area (Å²) in [6.45, 7) is 0. The van der Waals surface area contributed by atoms with Gasteiger partial charge in [0.05, 0.1) is 17.3 Å². The summed E-state index contributed by atoms with van der Waals surface area (Å²) >= 11 is 1.34. The zero-order chi connectivity index (χ0) is 17.9. The first-order valence-corrected chi connectivity index (χ1v) is 10.6. The smallest absolute Gasteiger partial charge is 0.321 e. The minimum atomic E-state index is -3.07. The Morgan fingerprint density at radius 1 is 1.12 bits per heavy atom. The van der Waals surface area contributed by atoms with Crippen LogP contribution in [0.3, 0.4) is 0 Å². The SMILES string of the molecule is O=C(CSc1ccc2ccccc2c1)NC(=O)NC1CCS(=O)(=O)C1. The van der Waals surface area contributed by atoms with Crippen molar-refractivity contribution in [2.24, 2.45) is 0 Å². The van der Waals surface area contributed by atoms with Gasteiger partial charge in [0.25, 0.3) is 0 Å². The van der Waals surface area contributed by atoms with Gasteiger partial charge in [-0.15, -0.1) is 11.8 Å². The summed E-state index contributed by atoms with van der Waals surface area (Å²) in [6.07, 6.45) is 0.385. The third-order valence-electron chi connectivity index (χ3n) is 3.91. The Morgan fingerprint density at radius 3 is 2.60 bits per heavy atom. The Kier molecular flexibility index (Phi) is 5.29. The monoisotopic (exact) mass is 378 g/mol. The average Bonchev–Trinajstić information content (AvgIpc) is 2.91. The molecule has 1 atom stereocenters. The molecular formula is C17H18N2O4S2. The fourth-order valence-electron chi connectivity index (χ4n) is 2.70. The molecule has 1 aliphatic heterocycles. The number of urea groups is 1. The van der Waals surface area contributed by atoms with Crippen molar-refractivity contribution < 1.29 is 18.0 Å². The first-order chi connectivity index (χ1) is 11.9. The van der Waals surface area contributed by atoms with E-state index in [1.165, 1.54) is 11.8 Å². The molecule has 132 valence electrons. The van der Waals surface area contributed by atoms with Gasteiger partial charge in [0.1, 0.15) is 0 Å². The van der Waals surface area contributed by atoms with Gasteiger partial charge >= 0.3 is 6.03 Å². The lowest BCUT2D eigenvalue weighted by atomic mass is 10.1. The molecule has 25 heavy (non-hydrogen) atoms. The van der Waals surface area contributed by atoms with Gasteiger partial charge in [0.2, 0.25) is 5.91 Å². The molecule has 1 saturated heterocycles. The molecule has 1 heterocycles. The minimum Gasteiger partial charge on any atom is -0.334 e. The molecule has 6 nitrogen and oxygen atoms in total. The van der Waals surface area contributed by atoms with Gasteiger partial charge < -0.3 is 5.32 Å². The Balaban J connectivity index is 1.48. The van der Waals surface area contributed by atoms with Crippen molar-refractivity contribution in [3.05, 3.63) is 42.5 Å². The van der Waals surface area contributed by atoms with Gasteiger partial charge in [0, 0.05) is 10.9 Å². The number of fused-ring (bicyclic) bond motifs is 1. The Bertz CT molecular complexity index is 912. The predicted molar refractivity (Wildman–Crippen MR) is 98.4 cm³/mol. The van der Waals surface area contributed by atoms with Crippen LogP contribution in [0.2, 0.25) is 0 Å². The molecule has 0 saturated carbocycles. The Hall–Kier alpha value is -2.06. The molecule has 2 N–H and O–H groups in total. The average molecular weight is 378 g/mol. The topological polar surface area (TPSA) is 92.3 Å². The van der Waals surface area contributed by atoms with E-state index in [0.29, 0.717) is 6.42 Å². The summed E-state index contributed by atoms with van der Waals surface area (Å²) in [7, 11) is -3.07. The normalized spacial score (nSPS) is 18.8. The summed E-state index contributed by atoms with van der Waals surface area (Å²) in [5.41, 5.74) is 0. The lowest BCUT2D eigenvalue weighted by molar-refractivity contribution is -0.117. The number of benzene rings is 2. The molecule has 3 rings (SSSR count). The van der Waals surface area contributed by atoms with E-state index in [9.17, 15) is 18.0 Å². The summed E-state index contributed by atoms with van der Waals surface area (Å²) in [4.78, 5) is 24.6. The van der Waals surface area contributed by atoms with E-state index < -0.39 is 27.8 Å². The molecule has 0 aliphatic carbocycles. The molecule has 8 heteroatoms. The number of amides is 3. The maximum atomic E-state index is 11.9. The predicted octanol–water partition coefficient (Wildman–Crippen LogP) is 1.94. The third kappa shape index (κ3) is 4.96. The van der Waals surface area contributed by atoms with Gasteiger partial charge in [-0.05, 0) is 29.3 Å².